The van der Waals surface area contributed by atoms with Crippen molar-refractivity contribution in [2.24, 2.45) is 0 Å². The summed E-state index contributed by atoms with van der Waals surface area (Å²) in [6, 6.07) is 10.5. The van der Waals surface area contributed by atoms with Gasteiger partial charge in [-0.3, -0.25) is 4.98 Å². The molecule has 5 rings (SSSR count). The van der Waals surface area contributed by atoms with E-state index in [1.165, 1.54) is 25.7 Å². The van der Waals surface area contributed by atoms with E-state index in [9.17, 15) is 0 Å². The number of aryl methyl sites for hydroxylation is 1. The number of fused-ring (bicyclic) bond motifs is 2. The van der Waals surface area contributed by atoms with Gasteiger partial charge in [0.25, 0.3) is 0 Å². The molecule has 0 bridgehead atoms. The second-order valence-corrected chi connectivity index (χ2v) is 9.90. The van der Waals surface area contributed by atoms with Gasteiger partial charge in [-0.15, -0.1) is 0 Å². The van der Waals surface area contributed by atoms with Gasteiger partial charge in [0.15, 0.2) is 5.79 Å². The highest BCUT2D eigenvalue weighted by Crippen LogP contribution is 2.34. The molecule has 7 nitrogen and oxygen atoms in total. The van der Waals surface area contributed by atoms with Gasteiger partial charge >= 0.3 is 0 Å². The Kier molecular flexibility index (Phi) is 7.31. The van der Waals surface area contributed by atoms with E-state index in [0.717, 1.165) is 52.1 Å². The number of aromatic nitrogens is 4. The molecule has 0 spiro atoms. The number of ether oxygens (including phenoxy) is 1. The van der Waals surface area contributed by atoms with Crippen LogP contribution in [0.5, 0.6) is 0 Å². The van der Waals surface area contributed by atoms with Gasteiger partial charge in [-0.05, 0) is 79.2 Å². The van der Waals surface area contributed by atoms with Crippen molar-refractivity contribution >= 4 is 49.5 Å². The van der Waals surface area contributed by atoms with E-state index in [-0.39, 0.29) is 12.3 Å². The van der Waals surface area contributed by atoms with Gasteiger partial charge in [0.1, 0.15) is 23.4 Å². The SMILES string of the molecule is CC(C)(O)O.Clc1ncnc2c1ccn2C1CCC(CCc2ccc3cc(Br)cnc3c2)O1. The molecule has 2 atom stereocenters. The highest BCUT2D eigenvalue weighted by molar-refractivity contribution is 9.10. The Morgan fingerprint density at radius 2 is 1.94 bits per heavy atom. The normalized spacial score (nSPS) is 18.5. The molecule has 0 radical (unpaired) electrons. The summed E-state index contributed by atoms with van der Waals surface area (Å²) >= 11 is 9.63. The van der Waals surface area contributed by atoms with Crippen LogP contribution in [0, 0.1) is 0 Å². The largest absolute Gasteiger partial charge is 0.366 e. The summed E-state index contributed by atoms with van der Waals surface area (Å²) in [6.07, 6.45) is 9.57. The molecule has 0 aliphatic carbocycles. The lowest BCUT2D eigenvalue weighted by molar-refractivity contribution is -0.127. The van der Waals surface area contributed by atoms with Crippen molar-refractivity contribution in [3.63, 3.8) is 0 Å². The highest BCUT2D eigenvalue weighted by Gasteiger charge is 2.27. The minimum atomic E-state index is -1.50. The maximum absolute atomic E-state index is 8.08. The fourth-order valence-corrected chi connectivity index (χ4v) is 4.44. The van der Waals surface area contributed by atoms with Crippen molar-refractivity contribution < 1.29 is 14.9 Å². The van der Waals surface area contributed by atoms with Crippen molar-refractivity contribution in [2.75, 3.05) is 0 Å². The number of rotatable bonds is 4. The van der Waals surface area contributed by atoms with Crippen molar-refractivity contribution in [2.45, 2.75) is 57.6 Å². The number of aliphatic hydroxyl groups is 2. The maximum Gasteiger partial charge on any atom is 0.156 e. The maximum atomic E-state index is 8.08. The number of halogens is 2. The molecule has 1 saturated heterocycles. The summed E-state index contributed by atoms with van der Waals surface area (Å²) in [5.74, 6) is -1.50. The molecule has 0 saturated carbocycles. The summed E-state index contributed by atoms with van der Waals surface area (Å²) < 4.78 is 9.39. The first-order valence-electron chi connectivity index (χ1n) is 10.8. The topological polar surface area (TPSA) is 93.3 Å². The molecular formula is C24H26BrClN4O3. The van der Waals surface area contributed by atoms with E-state index in [2.05, 4.69) is 59.7 Å². The Hall–Kier alpha value is -2.10. The Morgan fingerprint density at radius 1 is 1.15 bits per heavy atom. The van der Waals surface area contributed by atoms with Crippen LogP contribution >= 0.6 is 27.5 Å². The molecule has 4 heterocycles. The monoisotopic (exact) mass is 532 g/mol. The quantitative estimate of drug-likeness (QED) is 0.269. The molecule has 9 heteroatoms. The Balaban J connectivity index is 0.000000471. The second kappa shape index (κ2) is 10.0. The van der Waals surface area contributed by atoms with Gasteiger partial charge in [0, 0.05) is 22.3 Å². The molecule has 1 aromatic carbocycles. The van der Waals surface area contributed by atoms with Crippen molar-refractivity contribution in [1.82, 2.24) is 19.5 Å². The van der Waals surface area contributed by atoms with Crippen LogP contribution in [0.25, 0.3) is 21.9 Å². The second-order valence-electron chi connectivity index (χ2n) is 8.63. The zero-order valence-electron chi connectivity index (χ0n) is 18.4. The fourth-order valence-electron chi connectivity index (χ4n) is 3.90. The third kappa shape index (κ3) is 6.28. The molecule has 2 unspecified atom stereocenters. The third-order valence-electron chi connectivity index (χ3n) is 5.33. The molecule has 33 heavy (non-hydrogen) atoms. The molecule has 0 amide bonds. The van der Waals surface area contributed by atoms with Crippen LogP contribution in [0.1, 0.15) is 44.9 Å². The summed E-state index contributed by atoms with van der Waals surface area (Å²) in [5, 5.41) is 18.7. The zero-order valence-corrected chi connectivity index (χ0v) is 20.8. The Bertz CT molecular complexity index is 1250. The number of pyridine rings is 1. The van der Waals surface area contributed by atoms with Gasteiger partial charge < -0.3 is 19.5 Å². The smallest absolute Gasteiger partial charge is 0.156 e. The van der Waals surface area contributed by atoms with Gasteiger partial charge in [-0.25, -0.2) is 9.97 Å². The summed E-state index contributed by atoms with van der Waals surface area (Å²) in [5.41, 5.74) is 3.15. The molecule has 1 aliphatic rings. The van der Waals surface area contributed by atoms with Crippen LogP contribution < -0.4 is 0 Å². The van der Waals surface area contributed by atoms with E-state index >= 15 is 0 Å². The van der Waals surface area contributed by atoms with Crippen LogP contribution in [0.4, 0.5) is 0 Å². The van der Waals surface area contributed by atoms with E-state index in [4.69, 9.17) is 26.6 Å². The third-order valence-corrected chi connectivity index (χ3v) is 6.06. The van der Waals surface area contributed by atoms with Crippen LogP contribution in [0.3, 0.4) is 0 Å². The van der Waals surface area contributed by atoms with E-state index in [1.807, 2.05) is 18.5 Å². The highest BCUT2D eigenvalue weighted by atomic mass is 79.9. The lowest BCUT2D eigenvalue weighted by atomic mass is 10.0. The van der Waals surface area contributed by atoms with E-state index in [1.54, 1.807) is 0 Å². The zero-order chi connectivity index (χ0) is 23.6. The van der Waals surface area contributed by atoms with Crippen molar-refractivity contribution in [3.05, 3.63) is 64.2 Å². The number of hydrogen-bond acceptors (Lipinski definition) is 6. The van der Waals surface area contributed by atoms with Crippen LogP contribution in [0.2, 0.25) is 5.15 Å². The first kappa shape index (κ1) is 24.0. The number of nitrogens with zero attached hydrogens (tertiary/aromatic N) is 4. The molecule has 174 valence electrons. The van der Waals surface area contributed by atoms with Gasteiger partial charge in [-0.1, -0.05) is 23.7 Å². The molecule has 1 fully saturated rings. The first-order chi connectivity index (χ1) is 15.7. The van der Waals surface area contributed by atoms with Gasteiger partial charge in [-0.2, -0.15) is 0 Å². The first-order valence-corrected chi connectivity index (χ1v) is 12.0. The van der Waals surface area contributed by atoms with Gasteiger partial charge in [0.2, 0.25) is 0 Å². The Labute approximate surface area is 205 Å². The molecule has 2 N–H and O–H groups in total. The minimum Gasteiger partial charge on any atom is -0.366 e. The van der Waals surface area contributed by atoms with Crippen molar-refractivity contribution in [1.29, 1.82) is 0 Å². The summed E-state index contributed by atoms with van der Waals surface area (Å²) in [6.45, 7) is 2.60. The molecule has 1 aliphatic heterocycles. The van der Waals surface area contributed by atoms with Gasteiger partial charge in [0.05, 0.1) is 17.0 Å². The number of benzene rings is 1. The predicted octanol–water partition coefficient (Wildman–Crippen LogP) is 5.41. The average molecular weight is 534 g/mol. The molecular weight excluding hydrogens is 508 g/mol. The van der Waals surface area contributed by atoms with E-state index in [0.29, 0.717) is 5.15 Å². The predicted molar refractivity (Wildman–Crippen MR) is 132 cm³/mol. The van der Waals surface area contributed by atoms with Crippen LogP contribution in [-0.4, -0.2) is 41.6 Å². The van der Waals surface area contributed by atoms with E-state index < -0.39 is 5.79 Å². The van der Waals surface area contributed by atoms with Crippen LogP contribution in [0.15, 0.2) is 53.5 Å². The lowest BCUT2D eigenvalue weighted by Gasteiger charge is -2.16. The van der Waals surface area contributed by atoms with Crippen LogP contribution in [-0.2, 0) is 11.2 Å². The molecule has 4 aromatic rings. The lowest BCUT2D eigenvalue weighted by Crippen LogP contribution is -2.15. The Morgan fingerprint density at radius 3 is 2.73 bits per heavy atom. The summed E-state index contributed by atoms with van der Waals surface area (Å²) in [7, 11) is 0. The standard InChI is InChI=1S/C21H18BrClN4O.C3H8O2/c22-15-10-14-3-1-13(9-18(14)24-11-15)2-4-16-5-6-19(28-16)27-8-7-17-20(23)25-12-26-21(17)27;1-3(2,4)5/h1,3,7-12,16,19H,2,4-6H2;4-5H,1-2H3. The average Bonchev–Trinajstić information content (AvgIpc) is 3.38. The molecule has 3 aromatic heterocycles. The summed E-state index contributed by atoms with van der Waals surface area (Å²) in [4.78, 5) is 12.9. The minimum absolute atomic E-state index is 0.00378. The van der Waals surface area contributed by atoms with Crippen molar-refractivity contribution in [3.8, 4) is 0 Å². The fraction of sp³-hybridized carbons (Fsp3) is 0.375. The number of hydrogen-bond donors (Lipinski definition) is 2.